The number of rotatable bonds is 6. The van der Waals surface area contributed by atoms with Gasteiger partial charge in [-0.25, -0.2) is 9.97 Å². The maximum atomic E-state index is 8.93. The fourth-order valence-corrected chi connectivity index (χ4v) is 2.68. The summed E-state index contributed by atoms with van der Waals surface area (Å²) < 4.78 is 5.73. The molecule has 2 rings (SSSR count). The van der Waals surface area contributed by atoms with Gasteiger partial charge in [0.25, 0.3) is 0 Å². The van der Waals surface area contributed by atoms with Gasteiger partial charge in [-0.15, -0.1) is 0 Å². The number of hydrogen-bond donors (Lipinski definition) is 1. The Kier molecular flexibility index (Phi) is 5.90. The van der Waals surface area contributed by atoms with Gasteiger partial charge >= 0.3 is 0 Å². The zero-order chi connectivity index (χ0) is 15.1. The maximum Gasteiger partial charge on any atom is 0.182 e. The van der Waals surface area contributed by atoms with E-state index in [9.17, 15) is 0 Å². The summed E-state index contributed by atoms with van der Waals surface area (Å²) in [6.45, 7) is 8.18. The lowest BCUT2D eigenvalue weighted by Gasteiger charge is -2.35. The van der Waals surface area contributed by atoms with Crippen LogP contribution in [0.4, 0.5) is 5.82 Å². The SMILES string of the molecule is C[C@@H]1CN(CCCCNc2nccnc2C#N)C[C@H](C)O1. The first kappa shape index (κ1) is 15.7. The van der Waals surface area contributed by atoms with E-state index in [-0.39, 0.29) is 0 Å². The highest BCUT2D eigenvalue weighted by Crippen LogP contribution is 2.11. The van der Waals surface area contributed by atoms with E-state index in [2.05, 4.69) is 34.0 Å². The molecule has 0 amide bonds. The van der Waals surface area contributed by atoms with Crippen molar-refractivity contribution in [1.82, 2.24) is 14.9 Å². The quantitative estimate of drug-likeness (QED) is 0.803. The van der Waals surface area contributed by atoms with Crippen LogP contribution in [0.1, 0.15) is 32.4 Å². The van der Waals surface area contributed by atoms with Crippen LogP contribution in [0.15, 0.2) is 12.4 Å². The van der Waals surface area contributed by atoms with Crippen molar-refractivity contribution >= 4 is 5.82 Å². The largest absolute Gasteiger partial charge is 0.373 e. The molecule has 6 nitrogen and oxygen atoms in total. The Labute approximate surface area is 126 Å². The Hall–Kier alpha value is -1.71. The summed E-state index contributed by atoms with van der Waals surface area (Å²) in [5.74, 6) is 0.577. The van der Waals surface area contributed by atoms with Crippen LogP contribution in [-0.4, -0.2) is 53.3 Å². The molecule has 0 unspecified atom stereocenters. The number of nitrogens with one attached hydrogen (secondary N) is 1. The van der Waals surface area contributed by atoms with E-state index in [1.54, 1.807) is 6.20 Å². The van der Waals surface area contributed by atoms with Crippen molar-refractivity contribution < 1.29 is 4.74 Å². The molecule has 6 heteroatoms. The van der Waals surface area contributed by atoms with E-state index in [0.717, 1.165) is 39.0 Å². The van der Waals surface area contributed by atoms with Crippen LogP contribution >= 0.6 is 0 Å². The lowest BCUT2D eigenvalue weighted by molar-refractivity contribution is -0.0681. The molecular weight excluding hydrogens is 266 g/mol. The van der Waals surface area contributed by atoms with Crippen LogP contribution < -0.4 is 5.32 Å². The minimum Gasteiger partial charge on any atom is -0.373 e. The Morgan fingerprint density at radius 2 is 2.00 bits per heavy atom. The van der Waals surface area contributed by atoms with Gasteiger partial charge in [0.2, 0.25) is 0 Å². The van der Waals surface area contributed by atoms with Gasteiger partial charge < -0.3 is 10.1 Å². The second-order valence-corrected chi connectivity index (χ2v) is 5.52. The summed E-state index contributed by atoms with van der Waals surface area (Å²) in [5, 5.41) is 12.1. The van der Waals surface area contributed by atoms with E-state index in [0.29, 0.717) is 23.7 Å². The van der Waals surface area contributed by atoms with Crippen LogP contribution in [0.25, 0.3) is 0 Å². The molecule has 1 aromatic heterocycles. The summed E-state index contributed by atoms with van der Waals surface area (Å²) in [6.07, 6.45) is 5.94. The van der Waals surface area contributed by atoms with Crippen LogP contribution in [0.5, 0.6) is 0 Å². The van der Waals surface area contributed by atoms with Crippen molar-refractivity contribution in [2.75, 3.05) is 31.5 Å². The molecule has 114 valence electrons. The smallest absolute Gasteiger partial charge is 0.182 e. The Balaban J connectivity index is 1.65. The maximum absolute atomic E-state index is 8.93. The van der Waals surface area contributed by atoms with Gasteiger partial charge in [0.05, 0.1) is 12.2 Å². The Bertz CT molecular complexity index is 477. The molecule has 1 saturated heterocycles. The minimum atomic E-state index is 0.324. The van der Waals surface area contributed by atoms with E-state index >= 15 is 0 Å². The topological polar surface area (TPSA) is 74.1 Å². The highest BCUT2D eigenvalue weighted by molar-refractivity contribution is 5.46. The molecule has 1 aliphatic rings. The zero-order valence-electron chi connectivity index (χ0n) is 12.7. The van der Waals surface area contributed by atoms with Gasteiger partial charge in [0, 0.05) is 32.0 Å². The molecule has 1 N–H and O–H groups in total. The van der Waals surface area contributed by atoms with Crippen molar-refractivity contribution in [2.45, 2.75) is 38.9 Å². The van der Waals surface area contributed by atoms with Gasteiger partial charge in [0.1, 0.15) is 6.07 Å². The van der Waals surface area contributed by atoms with Gasteiger partial charge in [-0.3, -0.25) is 4.90 Å². The molecule has 2 atom stereocenters. The molecule has 0 radical (unpaired) electrons. The van der Waals surface area contributed by atoms with Crippen molar-refractivity contribution in [3.63, 3.8) is 0 Å². The summed E-state index contributed by atoms with van der Waals surface area (Å²) in [6, 6.07) is 2.04. The summed E-state index contributed by atoms with van der Waals surface area (Å²) in [7, 11) is 0. The fraction of sp³-hybridized carbons (Fsp3) is 0.667. The van der Waals surface area contributed by atoms with Crippen molar-refractivity contribution in [1.29, 1.82) is 5.26 Å². The van der Waals surface area contributed by atoms with Crippen LogP contribution in [-0.2, 0) is 4.74 Å². The lowest BCUT2D eigenvalue weighted by atomic mass is 10.2. The highest BCUT2D eigenvalue weighted by atomic mass is 16.5. The number of anilines is 1. The summed E-state index contributed by atoms with van der Waals surface area (Å²) in [4.78, 5) is 10.6. The molecule has 0 saturated carbocycles. The van der Waals surface area contributed by atoms with Gasteiger partial charge in [0.15, 0.2) is 11.5 Å². The molecule has 2 heterocycles. The van der Waals surface area contributed by atoms with E-state index in [4.69, 9.17) is 10.00 Å². The predicted octanol–water partition coefficient (Wildman–Crippen LogP) is 1.65. The van der Waals surface area contributed by atoms with E-state index < -0.39 is 0 Å². The van der Waals surface area contributed by atoms with Gasteiger partial charge in [-0.2, -0.15) is 5.26 Å². The van der Waals surface area contributed by atoms with Crippen molar-refractivity contribution in [3.05, 3.63) is 18.1 Å². The highest BCUT2D eigenvalue weighted by Gasteiger charge is 2.21. The number of nitrogens with zero attached hydrogens (tertiary/aromatic N) is 4. The number of morpholine rings is 1. The third-order valence-corrected chi connectivity index (χ3v) is 3.49. The van der Waals surface area contributed by atoms with Gasteiger partial charge in [-0.1, -0.05) is 0 Å². The number of hydrogen-bond acceptors (Lipinski definition) is 6. The Morgan fingerprint density at radius 3 is 2.71 bits per heavy atom. The third kappa shape index (κ3) is 4.96. The third-order valence-electron chi connectivity index (χ3n) is 3.49. The monoisotopic (exact) mass is 289 g/mol. The second kappa shape index (κ2) is 7.91. The number of unbranched alkanes of at least 4 members (excludes halogenated alkanes) is 1. The Morgan fingerprint density at radius 1 is 1.29 bits per heavy atom. The van der Waals surface area contributed by atoms with E-state index in [1.165, 1.54) is 6.20 Å². The molecule has 0 aliphatic carbocycles. The lowest BCUT2D eigenvalue weighted by Crippen LogP contribution is -2.45. The average Bonchev–Trinajstić information content (AvgIpc) is 2.46. The summed E-state index contributed by atoms with van der Waals surface area (Å²) in [5.41, 5.74) is 0.355. The van der Waals surface area contributed by atoms with Crippen LogP contribution in [0.2, 0.25) is 0 Å². The molecule has 21 heavy (non-hydrogen) atoms. The van der Waals surface area contributed by atoms with Crippen molar-refractivity contribution in [3.8, 4) is 6.07 Å². The molecule has 1 aromatic rings. The molecule has 0 bridgehead atoms. The predicted molar refractivity (Wildman–Crippen MR) is 80.9 cm³/mol. The molecular formula is C15H23N5O. The zero-order valence-corrected chi connectivity index (χ0v) is 12.7. The summed E-state index contributed by atoms with van der Waals surface area (Å²) >= 11 is 0. The molecule has 1 fully saturated rings. The number of nitriles is 1. The standard InChI is InChI=1S/C15H23N5O/c1-12-10-20(11-13(2)21-12)8-4-3-5-18-15-14(9-16)17-6-7-19-15/h6-7,12-13H,3-5,8,10-11H2,1-2H3,(H,18,19)/t12-,13+. The van der Waals surface area contributed by atoms with Gasteiger partial charge in [-0.05, 0) is 33.2 Å². The van der Waals surface area contributed by atoms with Crippen LogP contribution in [0, 0.1) is 11.3 Å². The fourth-order valence-electron chi connectivity index (χ4n) is 2.68. The number of ether oxygens (including phenoxy) is 1. The normalized spacial score (nSPS) is 22.7. The van der Waals surface area contributed by atoms with Crippen LogP contribution in [0.3, 0.4) is 0 Å². The van der Waals surface area contributed by atoms with Crippen molar-refractivity contribution in [2.24, 2.45) is 0 Å². The average molecular weight is 289 g/mol. The molecule has 1 aliphatic heterocycles. The molecule has 0 aromatic carbocycles. The molecule has 0 spiro atoms. The number of aromatic nitrogens is 2. The van der Waals surface area contributed by atoms with E-state index in [1.807, 2.05) is 6.07 Å². The minimum absolute atomic E-state index is 0.324. The first-order chi connectivity index (χ1) is 10.2. The first-order valence-electron chi connectivity index (χ1n) is 7.52. The first-order valence-corrected chi connectivity index (χ1v) is 7.52. The second-order valence-electron chi connectivity index (χ2n) is 5.52.